The van der Waals surface area contributed by atoms with Crippen LogP contribution in [0.4, 0.5) is 4.39 Å². The van der Waals surface area contributed by atoms with E-state index in [4.69, 9.17) is 0 Å². The number of aromatic amines is 1. The summed E-state index contributed by atoms with van der Waals surface area (Å²) in [5.74, 6) is 0.220. The average Bonchev–Trinajstić information content (AvgIpc) is 2.42. The topological polar surface area (TPSA) is 57.8 Å². The van der Waals surface area contributed by atoms with Gasteiger partial charge in [-0.3, -0.25) is 4.79 Å². The van der Waals surface area contributed by atoms with E-state index in [0.717, 1.165) is 23.9 Å². The molecular weight excluding hydrogens is 289 g/mol. The molecule has 6 heteroatoms. The summed E-state index contributed by atoms with van der Waals surface area (Å²) in [6.45, 7) is 5.68. The third kappa shape index (κ3) is 4.68. The van der Waals surface area contributed by atoms with Crippen LogP contribution in [-0.4, -0.2) is 16.5 Å². The molecule has 0 atom stereocenters. The van der Waals surface area contributed by atoms with Crippen LogP contribution in [0.2, 0.25) is 0 Å². The monoisotopic (exact) mass is 307 g/mol. The molecule has 0 amide bonds. The number of benzene rings is 1. The second kappa shape index (κ2) is 7.38. The Bertz CT molecular complexity index is 657. The molecular formula is C15H18FN3OS. The lowest BCUT2D eigenvalue weighted by Crippen LogP contribution is -2.19. The molecule has 2 aromatic rings. The smallest absolute Gasteiger partial charge is 0.251 e. The van der Waals surface area contributed by atoms with Gasteiger partial charge >= 0.3 is 0 Å². The van der Waals surface area contributed by atoms with Gasteiger partial charge in [0.05, 0.1) is 4.90 Å². The van der Waals surface area contributed by atoms with Gasteiger partial charge in [-0.25, -0.2) is 9.37 Å². The van der Waals surface area contributed by atoms with Crippen LogP contribution >= 0.6 is 11.8 Å². The fraction of sp³-hybridized carbons (Fsp3) is 0.333. The van der Waals surface area contributed by atoms with Gasteiger partial charge in [0.25, 0.3) is 5.56 Å². The highest BCUT2D eigenvalue weighted by Gasteiger charge is 2.11. The minimum absolute atomic E-state index is 0.247. The van der Waals surface area contributed by atoms with Crippen molar-refractivity contribution in [3.63, 3.8) is 0 Å². The number of nitrogens with zero attached hydrogens (tertiary/aromatic N) is 1. The molecule has 1 aromatic heterocycles. The van der Waals surface area contributed by atoms with Crippen LogP contribution in [0, 0.1) is 11.7 Å². The highest BCUT2D eigenvalue weighted by molar-refractivity contribution is 7.99. The van der Waals surface area contributed by atoms with E-state index in [1.165, 1.54) is 18.3 Å². The summed E-state index contributed by atoms with van der Waals surface area (Å²) >= 11 is 1.13. The fourth-order valence-corrected chi connectivity index (χ4v) is 2.70. The Morgan fingerprint density at radius 3 is 2.90 bits per heavy atom. The Morgan fingerprint density at radius 1 is 1.38 bits per heavy atom. The average molecular weight is 307 g/mol. The van der Waals surface area contributed by atoms with Crippen molar-refractivity contribution in [3.8, 4) is 0 Å². The van der Waals surface area contributed by atoms with Gasteiger partial charge in [0.15, 0.2) is 5.16 Å². The highest BCUT2D eigenvalue weighted by atomic mass is 32.2. The Kier molecular flexibility index (Phi) is 5.52. The largest absolute Gasteiger partial charge is 0.312 e. The second-order valence-corrected chi connectivity index (χ2v) is 6.09. The summed E-state index contributed by atoms with van der Waals surface area (Å²) in [6, 6.07) is 6.30. The van der Waals surface area contributed by atoms with Gasteiger partial charge in [-0.05, 0) is 35.9 Å². The maximum Gasteiger partial charge on any atom is 0.251 e. The third-order valence-electron chi connectivity index (χ3n) is 2.76. The van der Waals surface area contributed by atoms with Gasteiger partial charge in [-0.1, -0.05) is 26.0 Å². The Balaban J connectivity index is 2.19. The maximum atomic E-state index is 14.1. The van der Waals surface area contributed by atoms with E-state index in [1.54, 1.807) is 6.07 Å². The lowest BCUT2D eigenvalue weighted by atomic mass is 10.2. The van der Waals surface area contributed by atoms with E-state index in [-0.39, 0.29) is 11.4 Å². The van der Waals surface area contributed by atoms with Crippen LogP contribution in [0.1, 0.15) is 19.4 Å². The molecule has 2 rings (SSSR count). The molecule has 0 radical (unpaired) electrons. The first kappa shape index (κ1) is 15.7. The first-order valence-corrected chi connectivity index (χ1v) is 7.59. The van der Waals surface area contributed by atoms with E-state index in [1.807, 2.05) is 6.07 Å². The van der Waals surface area contributed by atoms with Gasteiger partial charge in [0, 0.05) is 18.8 Å². The van der Waals surface area contributed by atoms with E-state index >= 15 is 0 Å². The summed E-state index contributed by atoms with van der Waals surface area (Å²) in [5, 5.41) is 3.68. The van der Waals surface area contributed by atoms with Crippen molar-refractivity contribution in [3.05, 3.63) is 52.2 Å². The SMILES string of the molecule is CC(C)CNCc1cccc(F)c1Sc1nccc(=O)[nH]1. The predicted molar refractivity (Wildman–Crippen MR) is 81.9 cm³/mol. The lowest BCUT2D eigenvalue weighted by Gasteiger charge is -2.12. The van der Waals surface area contributed by atoms with Gasteiger partial charge in [0.2, 0.25) is 0 Å². The first-order chi connectivity index (χ1) is 10.1. The molecule has 2 N–H and O–H groups in total. The van der Waals surface area contributed by atoms with Crippen molar-refractivity contribution < 1.29 is 4.39 Å². The number of rotatable bonds is 6. The van der Waals surface area contributed by atoms with Crippen molar-refractivity contribution in [2.75, 3.05) is 6.54 Å². The number of H-pyrrole nitrogens is 1. The molecule has 0 spiro atoms. The van der Waals surface area contributed by atoms with E-state index < -0.39 is 0 Å². The van der Waals surface area contributed by atoms with Crippen LogP contribution in [-0.2, 0) is 6.54 Å². The molecule has 0 aliphatic carbocycles. The van der Waals surface area contributed by atoms with Crippen molar-refractivity contribution in [1.29, 1.82) is 0 Å². The Labute approximate surface area is 127 Å². The van der Waals surface area contributed by atoms with E-state index in [0.29, 0.717) is 22.5 Å². The summed E-state index contributed by atoms with van der Waals surface area (Å²) < 4.78 is 14.1. The van der Waals surface area contributed by atoms with E-state index in [9.17, 15) is 9.18 Å². The van der Waals surface area contributed by atoms with E-state index in [2.05, 4.69) is 29.1 Å². The molecule has 1 aromatic carbocycles. The van der Waals surface area contributed by atoms with Crippen LogP contribution in [0.15, 0.2) is 45.3 Å². The van der Waals surface area contributed by atoms with Gasteiger partial charge in [-0.2, -0.15) is 0 Å². The van der Waals surface area contributed by atoms with Gasteiger partial charge in [-0.15, -0.1) is 0 Å². The molecule has 0 saturated heterocycles. The number of nitrogens with one attached hydrogen (secondary N) is 2. The molecule has 0 aliphatic heterocycles. The first-order valence-electron chi connectivity index (χ1n) is 6.77. The molecule has 0 aliphatic rings. The summed E-state index contributed by atoms with van der Waals surface area (Å²) in [4.78, 5) is 18.4. The summed E-state index contributed by atoms with van der Waals surface area (Å²) in [7, 11) is 0. The molecule has 0 unspecified atom stereocenters. The van der Waals surface area contributed by atoms with Crippen molar-refractivity contribution in [2.45, 2.75) is 30.4 Å². The zero-order valence-corrected chi connectivity index (χ0v) is 12.8. The third-order valence-corrected chi connectivity index (χ3v) is 3.83. The minimum atomic E-state index is -0.310. The highest BCUT2D eigenvalue weighted by Crippen LogP contribution is 2.30. The maximum absolute atomic E-state index is 14.1. The minimum Gasteiger partial charge on any atom is -0.312 e. The second-order valence-electron chi connectivity index (χ2n) is 5.09. The van der Waals surface area contributed by atoms with Gasteiger partial charge < -0.3 is 10.3 Å². The molecule has 4 nitrogen and oxygen atoms in total. The van der Waals surface area contributed by atoms with Crippen molar-refractivity contribution >= 4 is 11.8 Å². The number of hydrogen-bond acceptors (Lipinski definition) is 4. The molecule has 0 saturated carbocycles. The van der Waals surface area contributed by atoms with Crippen LogP contribution in [0.5, 0.6) is 0 Å². The number of halogens is 1. The number of hydrogen-bond donors (Lipinski definition) is 2. The molecule has 0 bridgehead atoms. The normalized spacial score (nSPS) is 11.0. The van der Waals surface area contributed by atoms with Gasteiger partial charge in [0.1, 0.15) is 5.82 Å². The molecule has 21 heavy (non-hydrogen) atoms. The summed E-state index contributed by atoms with van der Waals surface area (Å²) in [5.41, 5.74) is 0.607. The van der Waals surface area contributed by atoms with Crippen molar-refractivity contribution in [1.82, 2.24) is 15.3 Å². The molecule has 1 heterocycles. The molecule has 0 fully saturated rings. The quantitative estimate of drug-likeness (QED) is 0.806. The lowest BCUT2D eigenvalue weighted by molar-refractivity contribution is 0.543. The van der Waals surface area contributed by atoms with Crippen LogP contribution in [0.25, 0.3) is 0 Å². The van der Waals surface area contributed by atoms with Crippen LogP contribution in [0.3, 0.4) is 0 Å². The number of aromatic nitrogens is 2. The van der Waals surface area contributed by atoms with Crippen LogP contribution < -0.4 is 10.9 Å². The zero-order chi connectivity index (χ0) is 15.2. The molecule has 112 valence electrons. The fourth-order valence-electron chi connectivity index (χ4n) is 1.80. The Hall–Kier alpha value is -1.66. The van der Waals surface area contributed by atoms with Crippen molar-refractivity contribution in [2.24, 2.45) is 5.92 Å². The summed E-state index contributed by atoms with van der Waals surface area (Å²) in [6.07, 6.45) is 1.42. The zero-order valence-electron chi connectivity index (χ0n) is 12.0. The predicted octanol–water partition coefficient (Wildman–Crippen LogP) is 2.81. The standard InChI is InChI=1S/C15H18FN3OS/c1-10(2)8-17-9-11-4-3-5-12(16)14(11)21-15-18-7-6-13(20)19-15/h3-7,10,17H,8-9H2,1-2H3,(H,18,19,20). The Morgan fingerprint density at radius 2 is 2.19 bits per heavy atom.